The Morgan fingerprint density at radius 1 is 1.14 bits per heavy atom. The first-order valence-corrected chi connectivity index (χ1v) is 10.8. The third-order valence-corrected chi connectivity index (χ3v) is 6.00. The molecule has 2 rings (SSSR count). The van der Waals surface area contributed by atoms with Gasteiger partial charge in [-0.05, 0) is 42.7 Å². The number of nitrogens with one attached hydrogen (secondary N) is 2. The minimum absolute atomic E-state index is 0.100. The van der Waals surface area contributed by atoms with Crippen LogP contribution in [0.4, 0.5) is 5.82 Å². The molecule has 2 N–H and O–H groups in total. The van der Waals surface area contributed by atoms with Gasteiger partial charge in [-0.2, -0.15) is 0 Å². The summed E-state index contributed by atoms with van der Waals surface area (Å²) in [6.07, 6.45) is 2.76. The van der Waals surface area contributed by atoms with E-state index in [-0.39, 0.29) is 10.9 Å². The maximum Gasteiger partial charge on any atom is 0.341 e. The third kappa shape index (κ3) is 5.91. The van der Waals surface area contributed by atoms with E-state index in [9.17, 15) is 13.2 Å². The zero-order valence-corrected chi connectivity index (χ0v) is 17.9. The number of methoxy groups -OCH3 is 2. The number of carbonyl (C=O) groups is 1. The highest BCUT2D eigenvalue weighted by Crippen LogP contribution is 2.21. The minimum Gasteiger partial charge on any atom is -0.496 e. The molecule has 0 bridgehead atoms. The normalized spacial score (nSPS) is 11.3. The Morgan fingerprint density at radius 2 is 1.86 bits per heavy atom. The van der Waals surface area contributed by atoms with E-state index in [1.807, 2.05) is 19.9 Å². The molecule has 9 heteroatoms. The molecule has 0 fully saturated rings. The maximum atomic E-state index is 12.4. The molecule has 0 atom stereocenters. The lowest BCUT2D eigenvalue weighted by molar-refractivity contribution is 0.0597. The summed E-state index contributed by atoms with van der Waals surface area (Å²) >= 11 is 0. The Morgan fingerprint density at radius 3 is 2.41 bits per heavy atom. The molecule has 0 amide bonds. The highest BCUT2D eigenvalue weighted by molar-refractivity contribution is 7.89. The van der Waals surface area contributed by atoms with E-state index >= 15 is 0 Å². The van der Waals surface area contributed by atoms with E-state index in [0.717, 1.165) is 18.4 Å². The fourth-order valence-corrected chi connectivity index (χ4v) is 4.06. The van der Waals surface area contributed by atoms with Crippen molar-refractivity contribution in [1.82, 2.24) is 9.71 Å². The van der Waals surface area contributed by atoms with Crippen molar-refractivity contribution in [1.29, 1.82) is 0 Å². The number of rotatable bonds is 10. The van der Waals surface area contributed by atoms with Gasteiger partial charge in [0.25, 0.3) is 0 Å². The monoisotopic (exact) mass is 421 g/mol. The van der Waals surface area contributed by atoms with Gasteiger partial charge in [0.05, 0.1) is 14.2 Å². The van der Waals surface area contributed by atoms with Gasteiger partial charge in [-0.3, -0.25) is 0 Å². The first-order chi connectivity index (χ1) is 13.8. The summed E-state index contributed by atoms with van der Waals surface area (Å²) in [7, 11) is -0.806. The van der Waals surface area contributed by atoms with Crippen LogP contribution in [0, 0.1) is 0 Å². The van der Waals surface area contributed by atoms with Gasteiger partial charge in [-0.1, -0.05) is 19.9 Å². The van der Waals surface area contributed by atoms with Crippen molar-refractivity contribution in [2.24, 2.45) is 0 Å². The zero-order valence-electron chi connectivity index (χ0n) is 17.1. The summed E-state index contributed by atoms with van der Waals surface area (Å²) in [5.74, 6) is 0.460. The Balaban J connectivity index is 2.08. The van der Waals surface area contributed by atoms with Gasteiger partial charge in [0.15, 0.2) is 0 Å². The Bertz CT molecular complexity index is 926. The van der Waals surface area contributed by atoms with Crippen LogP contribution in [0.15, 0.2) is 41.4 Å². The minimum atomic E-state index is -3.60. The van der Waals surface area contributed by atoms with Crippen LogP contribution >= 0.6 is 0 Å². The van der Waals surface area contributed by atoms with Crippen molar-refractivity contribution >= 4 is 21.8 Å². The quantitative estimate of drug-likeness (QED) is 0.568. The van der Waals surface area contributed by atoms with Crippen molar-refractivity contribution in [3.05, 3.63) is 47.7 Å². The molecule has 0 saturated carbocycles. The second-order valence-electron chi connectivity index (χ2n) is 6.39. The molecule has 0 spiro atoms. The van der Waals surface area contributed by atoms with Gasteiger partial charge in [-0.25, -0.2) is 22.9 Å². The molecule has 0 unspecified atom stereocenters. The Kier molecular flexibility index (Phi) is 7.98. The molecule has 1 heterocycles. The van der Waals surface area contributed by atoms with Crippen LogP contribution in [-0.4, -0.2) is 39.6 Å². The predicted octanol–water partition coefficient (Wildman–Crippen LogP) is 2.96. The molecule has 0 aliphatic rings. The number of hydrogen-bond acceptors (Lipinski definition) is 7. The van der Waals surface area contributed by atoms with Gasteiger partial charge in [0.1, 0.15) is 22.0 Å². The largest absolute Gasteiger partial charge is 0.496 e. The van der Waals surface area contributed by atoms with Gasteiger partial charge in [0.2, 0.25) is 10.0 Å². The molecule has 1 aromatic heterocycles. The van der Waals surface area contributed by atoms with Gasteiger partial charge < -0.3 is 14.8 Å². The van der Waals surface area contributed by atoms with Crippen molar-refractivity contribution in [3.63, 3.8) is 0 Å². The van der Waals surface area contributed by atoms with Crippen molar-refractivity contribution in [2.75, 3.05) is 19.5 Å². The van der Waals surface area contributed by atoms with Crippen LogP contribution in [0.5, 0.6) is 5.75 Å². The van der Waals surface area contributed by atoms with Crippen molar-refractivity contribution in [3.8, 4) is 5.75 Å². The molecule has 0 aliphatic heterocycles. The molecule has 8 nitrogen and oxygen atoms in total. The van der Waals surface area contributed by atoms with Gasteiger partial charge in [-0.15, -0.1) is 0 Å². The summed E-state index contributed by atoms with van der Waals surface area (Å²) < 4.78 is 37.5. The fraction of sp³-hybridized carbons (Fsp3) is 0.400. The van der Waals surface area contributed by atoms with Crippen LogP contribution in [0.3, 0.4) is 0 Å². The smallest absolute Gasteiger partial charge is 0.341 e. The summed E-state index contributed by atoms with van der Waals surface area (Å²) in [5.41, 5.74) is 1.15. The maximum absolute atomic E-state index is 12.4. The number of anilines is 1. The lowest BCUT2D eigenvalue weighted by Gasteiger charge is -2.15. The van der Waals surface area contributed by atoms with Crippen LogP contribution in [0.2, 0.25) is 0 Å². The first kappa shape index (κ1) is 22.6. The van der Waals surface area contributed by atoms with Gasteiger partial charge >= 0.3 is 5.97 Å². The van der Waals surface area contributed by atoms with E-state index in [1.54, 1.807) is 18.2 Å². The number of pyridine rings is 1. The van der Waals surface area contributed by atoms with Crippen LogP contribution in [0.1, 0.15) is 42.6 Å². The third-order valence-electron chi connectivity index (χ3n) is 4.50. The molecule has 0 saturated heterocycles. The summed E-state index contributed by atoms with van der Waals surface area (Å²) in [6.45, 7) is 4.26. The Hall–Kier alpha value is -2.65. The molecule has 29 heavy (non-hydrogen) atoms. The predicted molar refractivity (Wildman–Crippen MR) is 111 cm³/mol. The molecule has 1 aromatic carbocycles. The standard InChI is InChI=1S/C20H27N3O5S/c1-5-15(6-2)23-29(25,26)16-8-10-19(22-13-16)21-12-14-7-9-18(27-3)17(11-14)20(24)28-4/h7-11,13,15,23H,5-6,12H2,1-4H3,(H,21,22). The first-order valence-electron chi connectivity index (χ1n) is 9.32. The van der Waals surface area contributed by atoms with E-state index in [2.05, 4.69) is 15.0 Å². The number of esters is 1. The van der Waals surface area contributed by atoms with Crippen LogP contribution in [0.25, 0.3) is 0 Å². The number of sulfonamides is 1. The summed E-state index contributed by atoms with van der Waals surface area (Å²) in [5, 5.41) is 3.11. The SMILES string of the molecule is CCC(CC)NS(=O)(=O)c1ccc(NCc2ccc(OC)c(C(=O)OC)c2)nc1. The number of nitrogens with zero attached hydrogens (tertiary/aromatic N) is 1. The molecular weight excluding hydrogens is 394 g/mol. The van der Waals surface area contributed by atoms with E-state index in [4.69, 9.17) is 9.47 Å². The number of benzene rings is 1. The second kappa shape index (κ2) is 10.2. The number of aromatic nitrogens is 1. The summed E-state index contributed by atoms with van der Waals surface area (Å²) in [6, 6.07) is 8.19. The van der Waals surface area contributed by atoms with Crippen LogP contribution < -0.4 is 14.8 Å². The van der Waals surface area contributed by atoms with Crippen LogP contribution in [-0.2, 0) is 21.3 Å². The lowest BCUT2D eigenvalue weighted by atomic mass is 10.1. The van der Waals surface area contributed by atoms with E-state index < -0.39 is 16.0 Å². The zero-order chi connectivity index (χ0) is 21.4. The average Bonchev–Trinajstić information content (AvgIpc) is 2.75. The Labute approximate surface area is 171 Å². The topological polar surface area (TPSA) is 107 Å². The molecule has 2 aromatic rings. The number of ether oxygens (including phenoxy) is 2. The lowest BCUT2D eigenvalue weighted by Crippen LogP contribution is -2.33. The van der Waals surface area contributed by atoms with Crippen molar-refractivity contribution in [2.45, 2.75) is 44.2 Å². The highest BCUT2D eigenvalue weighted by Gasteiger charge is 2.18. The van der Waals surface area contributed by atoms with E-state index in [0.29, 0.717) is 23.7 Å². The van der Waals surface area contributed by atoms with Crippen molar-refractivity contribution < 1.29 is 22.7 Å². The second-order valence-corrected chi connectivity index (χ2v) is 8.11. The molecular formula is C20H27N3O5S. The molecule has 0 radical (unpaired) electrons. The fourth-order valence-electron chi connectivity index (χ4n) is 2.71. The highest BCUT2D eigenvalue weighted by atomic mass is 32.2. The summed E-state index contributed by atoms with van der Waals surface area (Å²) in [4.78, 5) is 16.2. The molecule has 0 aliphatic carbocycles. The number of carbonyl (C=O) groups excluding carboxylic acids is 1. The van der Waals surface area contributed by atoms with Gasteiger partial charge in [0, 0.05) is 18.8 Å². The average molecular weight is 422 g/mol. The van der Waals surface area contributed by atoms with E-state index in [1.165, 1.54) is 26.5 Å². The number of hydrogen-bond donors (Lipinski definition) is 2. The molecule has 158 valence electrons.